The second-order valence-electron chi connectivity index (χ2n) is 6.82. The smallest absolute Gasteiger partial charge is 0.277 e. The minimum absolute atomic E-state index is 0.154. The van der Waals surface area contributed by atoms with E-state index in [0.29, 0.717) is 23.2 Å². The van der Waals surface area contributed by atoms with Crippen LogP contribution < -0.4 is 10.1 Å². The number of nitrogens with one attached hydrogen (secondary N) is 1. The number of pyridine rings is 1. The Morgan fingerprint density at radius 2 is 2.13 bits per heavy atom. The fourth-order valence-corrected chi connectivity index (χ4v) is 2.53. The van der Waals surface area contributed by atoms with Crippen LogP contribution in [0.25, 0.3) is 0 Å². The van der Waals surface area contributed by atoms with Crippen LogP contribution in [-0.2, 0) is 5.54 Å². The first-order valence-electron chi connectivity index (χ1n) is 7.81. The first-order valence-corrected chi connectivity index (χ1v) is 7.81. The second kappa shape index (κ2) is 5.68. The Morgan fingerprint density at radius 3 is 2.74 bits per heavy atom. The predicted octanol–water partition coefficient (Wildman–Crippen LogP) is 3.17. The molecule has 0 unspecified atom stereocenters. The van der Waals surface area contributed by atoms with E-state index in [4.69, 9.17) is 4.74 Å². The molecule has 0 radical (unpaired) electrons. The summed E-state index contributed by atoms with van der Waals surface area (Å²) in [6, 6.07) is 5.41. The average Bonchev–Trinajstić information content (AvgIpc) is 3.24. The molecule has 1 aliphatic rings. The predicted molar refractivity (Wildman–Crippen MR) is 87.9 cm³/mol. The van der Waals surface area contributed by atoms with Crippen molar-refractivity contribution in [3.63, 3.8) is 0 Å². The minimum Gasteiger partial charge on any atom is -0.493 e. The number of aromatic nitrogens is 3. The van der Waals surface area contributed by atoms with Crippen molar-refractivity contribution < 1.29 is 9.53 Å². The number of ether oxygens (including phenoxy) is 1. The van der Waals surface area contributed by atoms with Gasteiger partial charge in [-0.05, 0) is 51.8 Å². The zero-order chi connectivity index (χ0) is 16.6. The quantitative estimate of drug-likeness (QED) is 0.941. The number of anilines is 1. The standard InChI is InChI=1S/C17H22N4O2/c1-17(2,3)21-13(11-7-8-11)10-12(20-21)16(22)19-15-14(23-4)6-5-9-18-15/h5-6,9-11H,7-8H2,1-4H3,(H,18,19,22). The van der Waals surface area contributed by atoms with Gasteiger partial charge in [0.2, 0.25) is 0 Å². The van der Waals surface area contributed by atoms with Crippen molar-refractivity contribution in [2.24, 2.45) is 0 Å². The van der Waals surface area contributed by atoms with Crippen LogP contribution in [0.4, 0.5) is 5.82 Å². The molecule has 122 valence electrons. The molecule has 0 atom stereocenters. The lowest BCUT2D eigenvalue weighted by Gasteiger charge is -2.22. The molecule has 1 fully saturated rings. The van der Waals surface area contributed by atoms with Crippen LogP contribution in [0.1, 0.15) is 55.7 Å². The molecule has 0 bridgehead atoms. The lowest BCUT2D eigenvalue weighted by molar-refractivity contribution is 0.102. The summed E-state index contributed by atoms with van der Waals surface area (Å²) in [4.78, 5) is 16.7. The van der Waals surface area contributed by atoms with Crippen LogP contribution >= 0.6 is 0 Å². The number of carbonyl (C=O) groups is 1. The van der Waals surface area contributed by atoms with Gasteiger partial charge in [0.25, 0.3) is 5.91 Å². The van der Waals surface area contributed by atoms with Crippen molar-refractivity contribution >= 4 is 11.7 Å². The van der Waals surface area contributed by atoms with E-state index in [1.54, 1.807) is 25.4 Å². The number of hydrogen-bond donors (Lipinski definition) is 1. The molecule has 1 saturated carbocycles. The summed E-state index contributed by atoms with van der Waals surface area (Å²) in [5, 5.41) is 7.31. The van der Waals surface area contributed by atoms with Crippen molar-refractivity contribution in [1.29, 1.82) is 0 Å². The maximum atomic E-state index is 12.5. The highest BCUT2D eigenvalue weighted by Gasteiger charge is 2.32. The van der Waals surface area contributed by atoms with Crippen LogP contribution in [-0.4, -0.2) is 27.8 Å². The summed E-state index contributed by atoms with van der Waals surface area (Å²) in [5.41, 5.74) is 1.39. The van der Waals surface area contributed by atoms with Gasteiger partial charge in [0, 0.05) is 17.8 Å². The fraction of sp³-hybridized carbons (Fsp3) is 0.471. The number of carbonyl (C=O) groups excluding carboxylic acids is 1. The third-order valence-electron chi connectivity index (χ3n) is 3.82. The van der Waals surface area contributed by atoms with Crippen molar-refractivity contribution in [3.05, 3.63) is 35.8 Å². The van der Waals surface area contributed by atoms with E-state index < -0.39 is 0 Å². The maximum absolute atomic E-state index is 12.5. The summed E-state index contributed by atoms with van der Waals surface area (Å²) >= 11 is 0. The van der Waals surface area contributed by atoms with Crippen LogP contribution in [0.5, 0.6) is 5.75 Å². The third kappa shape index (κ3) is 3.21. The van der Waals surface area contributed by atoms with Gasteiger partial charge in [-0.3, -0.25) is 9.48 Å². The Hall–Kier alpha value is -2.37. The molecule has 23 heavy (non-hydrogen) atoms. The Labute approximate surface area is 135 Å². The van der Waals surface area contributed by atoms with E-state index in [2.05, 4.69) is 36.2 Å². The van der Waals surface area contributed by atoms with Crippen molar-refractivity contribution in [3.8, 4) is 5.75 Å². The van der Waals surface area contributed by atoms with Gasteiger partial charge in [-0.15, -0.1) is 0 Å². The van der Waals surface area contributed by atoms with Crippen LogP contribution in [0.3, 0.4) is 0 Å². The number of rotatable bonds is 4. The monoisotopic (exact) mass is 314 g/mol. The highest BCUT2D eigenvalue weighted by Crippen LogP contribution is 2.41. The van der Waals surface area contributed by atoms with Gasteiger partial charge in [-0.25, -0.2) is 4.98 Å². The van der Waals surface area contributed by atoms with Crippen molar-refractivity contribution in [1.82, 2.24) is 14.8 Å². The lowest BCUT2D eigenvalue weighted by atomic mass is 10.1. The minimum atomic E-state index is -0.271. The van der Waals surface area contributed by atoms with Gasteiger partial charge < -0.3 is 10.1 Å². The molecule has 0 saturated heterocycles. The SMILES string of the molecule is COc1cccnc1NC(=O)c1cc(C2CC2)n(C(C)(C)C)n1. The highest BCUT2D eigenvalue weighted by atomic mass is 16.5. The normalized spacial score (nSPS) is 14.6. The average molecular weight is 314 g/mol. The zero-order valence-corrected chi connectivity index (χ0v) is 14.0. The fourth-order valence-electron chi connectivity index (χ4n) is 2.53. The number of hydrogen-bond acceptors (Lipinski definition) is 4. The molecule has 6 heteroatoms. The topological polar surface area (TPSA) is 69.0 Å². The summed E-state index contributed by atoms with van der Waals surface area (Å²) in [5.74, 6) is 1.18. The van der Waals surface area contributed by atoms with E-state index in [1.807, 2.05) is 10.7 Å². The summed E-state index contributed by atoms with van der Waals surface area (Å²) in [7, 11) is 1.55. The molecule has 3 rings (SSSR count). The van der Waals surface area contributed by atoms with Gasteiger partial charge in [0.05, 0.1) is 12.6 Å². The Bertz CT molecular complexity index is 726. The molecule has 0 spiro atoms. The van der Waals surface area contributed by atoms with Gasteiger partial charge in [-0.1, -0.05) is 0 Å². The molecule has 0 aliphatic heterocycles. The number of methoxy groups -OCH3 is 1. The second-order valence-corrected chi connectivity index (χ2v) is 6.82. The molecule has 0 aromatic carbocycles. The Morgan fingerprint density at radius 1 is 1.39 bits per heavy atom. The molecular formula is C17H22N4O2. The third-order valence-corrected chi connectivity index (χ3v) is 3.82. The molecular weight excluding hydrogens is 292 g/mol. The maximum Gasteiger partial charge on any atom is 0.277 e. The molecule has 1 aliphatic carbocycles. The Kier molecular flexibility index (Phi) is 3.83. The van der Waals surface area contributed by atoms with Crippen LogP contribution in [0.2, 0.25) is 0 Å². The summed E-state index contributed by atoms with van der Waals surface area (Å²) in [6.45, 7) is 6.28. The molecule has 2 aromatic rings. The molecule has 1 amide bonds. The summed E-state index contributed by atoms with van der Waals surface area (Å²) in [6.07, 6.45) is 3.94. The molecule has 1 N–H and O–H groups in total. The largest absolute Gasteiger partial charge is 0.493 e. The van der Waals surface area contributed by atoms with E-state index in [-0.39, 0.29) is 11.4 Å². The van der Waals surface area contributed by atoms with Crippen molar-refractivity contribution in [2.75, 3.05) is 12.4 Å². The highest BCUT2D eigenvalue weighted by molar-refractivity contribution is 6.03. The number of nitrogens with zero attached hydrogens (tertiary/aromatic N) is 3. The number of amides is 1. The van der Waals surface area contributed by atoms with Crippen LogP contribution in [0.15, 0.2) is 24.4 Å². The van der Waals surface area contributed by atoms with E-state index >= 15 is 0 Å². The van der Waals surface area contributed by atoms with Gasteiger partial charge in [-0.2, -0.15) is 5.10 Å². The van der Waals surface area contributed by atoms with Crippen molar-refractivity contribution in [2.45, 2.75) is 45.1 Å². The van der Waals surface area contributed by atoms with Gasteiger partial charge >= 0.3 is 0 Å². The van der Waals surface area contributed by atoms with E-state index in [0.717, 1.165) is 18.5 Å². The van der Waals surface area contributed by atoms with Gasteiger partial charge in [0.1, 0.15) is 0 Å². The zero-order valence-electron chi connectivity index (χ0n) is 14.0. The first-order chi connectivity index (χ1) is 10.9. The molecule has 2 heterocycles. The lowest BCUT2D eigenvalue weighted by Crippen LogP contribution is -2.26. The van der Waals surface area contributed by atoms with E-state index in [1.165, 1.54) is 0 Å². The molecule has 2 aromatic heterocycles. The Balaban J connectivity index is 1.88. The molecule has 6 nitrogen and oxygen atoms in total. The van der Waals surface area contributed by atoms with Crippen LogP contribution in [0, 0.1) is 0 Å². The first kappa shape index (κ1) is 15.5. The summed E-state index contributed by atoms with van der Waals surface area (Å²) < 4.78 is 7.18. The van der Waals surface area contributed by atoms with E-state index in [9.17, 15) is 4.79 Å². The van der Waals surface area contributed by atoms with Gasteiger partial charge in [0.15, 0.2) is 17.3 Å².